The van der Waals surface area contributed by atoms with E-state index in [-0.39, 0.29) is 29.8 Å². The lowest BCUT2D eigenvalue weighted by Gasteiger charge is -2.14. The molecule has 132 valence electrons. The van der Waals surface area contributed by atoms with Crippen molar-refractivity contribution in [3.63, 3.8) is 0 Å². The number of carboxylic acids is 1. The molecule has 0 fully saturated rings. The van der Waals surface area contributed by atoms with Crippen LogP contribution in [0.5, 0.6) is 0 Å². The Kier molecular flexibility index (Phi) is 6.27. The molecule has 0 saturated carbocycles. The van der Waals surface area contributed by atoms with Crippen LogP contribution in [-0.2, 0) is 11.2 Å². The van der Waals surface area contributed by atoms with Gasteiger partial charge in [-0.25, -0.2) is 9.37 Å². The number of nitrogens with zero attached hydrogens (tertiary/aromatic N) is 1. The summed E-state index contributed by atoms with van der Waals surface area (Å²) in [5, 5.41) is 9.75. The molecule has 0 aliphatic heterocycles. The zero-order valence-corrected chi connectivity index (χ0v) is 15.1. The molecule has 0 amide bonds. The van der Waals surface area contributed by atoms with E-state index in [1.807, 2.05) is 0 Å². The quantitative estimate of drug-likeness (QED) is 0.613. The fourth-order valence-electron chi connectivity index (χ4n) is 2.64. The molecule has 0 saturated heterocycles. The van der Waals surface area contributed by atoms with Crippen LogP contribution in [0.4, 0.5) is 4.39 Å². The number of aromatic nitrogens is 2. The van der Waals surface area contributed by atoms with Gasteiger partial charge in [-0.2, -0.15) is 0 Å². The number of hydrogen-bond acceptors (Lipinski definition) is 2. The number of imidazole rings is 1. The Morgan fingerprint density at radius 2 is 1.92 bits per heavy atom. The maximum Gasteiger partial charge on any atom is 0.303 e. The van der Waals surface area contributed by atoms with Gasteiger partial charge in [0, 0.05) is 23.4 Å². The predicted octanol–water partition coefficient (Wildman–Crippen LogP) is 5.23. The largest absolute Gasteiger partial charge is 0.481 e. The predicted molar refractivity (Wildman–Crippen MR) is 98.5 cm³/mol. The van der Waals surface area contributed by atoms with E-state index in [2.05, 4.69) is 9.97 Å². The second-order valence-electron chi connectivity index (χ2n) is 5.52. The topological polar surface area (TPSA) is 66.0 Å². The zero-order valence-electron chi connectivity index (χ0n) is 12.8. The Bertz CT molecular complexity index is 858. The van der Waals surface area contributed by atoms with E-state index in [4.69, 9.17) is 28.3 Å². The minimum Gasteiger partial charge on any atom is -0.481 e. The summed E-state index contributed by atoms with van der Waals surface area (Å²) in [6.07, 6.45) is 0.329. The number of aliphatic carboxylic acids is 1. The Morgan fingerprint density at radius 3 is 2.56 bits per heavy atom. The van der Waals surface area contributed by atoms with Gasteiger partial charge in [0.2, 0.25) is 0 Å². The number of H-pyrrole nitrogens is 1. The smallest absolute Gasteiger partial charge is 0.303 e. The van der Waals surface area contributed by atoms with E-state index < -0.39 is 11.8 Å². The molecule has 0 bridgehead atoms. The van der Waals surface area contributed by atoms with Crippen LogP contribution in [0, 0.1) is 5.82 Å². The van der Waals surface area contributed by atoms with Gasteiger partial charge in [0.25, 0.3) is 0 Å². The molecule has 8 heteroatoms. The van der Waals surface area contributed by atoms with Gasteiger partial charge in [0.1, 0.15) is 11.6 Å². The Morgan fingerprint density at radius 1 is 1.24 bits per heavy atom. The van der Waals surface area contributed by atoms with Gasteiger partial charge in [0.15, 0.2) is 0 Å². The maximum absolute atomic E-state index is 13.5. The van der Waals surface area contributed by atoms with E-state index in [1.54, 1.807) is 24.3 Å². The highest BCUT2D eigenvalue weighted by atomic mass is 35.5. The lowest BCUT2D eigenvalue weighted by Crippen LogP contribution is -2.10. The molecule has 3 rings (SSSR count). The number of nitrogens with one attached hydrogen (secondary N) is 1. The van der Waals surface area contributed by atoms with Gasteiger partial charge in [-0.05, 0) is 23.8 Å². The van der Waals surface area contributed by atoms with Crippen molar-refractivity contribution in [3.8, 4) is 0 Å². The van der Waals surface area contributed by atoms with E-state index in [9.17, 15) is 9.18 Å². The first-order valence-corrected chi connectivity index (χ1v) is 7.99. The Balaban J connectivity index is 0.00000225. The van der Waals surface area contributed by atoms with E-state index in [0.29, 0.717) is 28.3 Å². The number of carbonyl (C=O) groups is 1. The molecule has 2 aromatic carbocycles. The van der Waals surface area contributed by atoms with Gasteiger partial charge < -0.3 is 10.1 Å². The van der Waals surface area contributed by atoms with Gasteiger partial charge in [0.05, 0.1) is 22.5 Å². The standard InChI is InChI=1S/C17H13Cl2FN2O2.ClH/c18-11-3-1-9(2-4-11)10(6-17(23)24)5-16-21-14-7-12(19)13(20)8-15(14)22-16;/h1-4,7-8,10H,5-6H2,(H,21,22)(H,23,24);1H. The van der Waals surface area contributed by atoms with Gasteiger partial charge in [-0.15, -0.1) is 12.4 Å². The average Bonchev–Trinajstić information content (AvgIpc) is 2.88. The molecule has 0 radical (unpaired) electrons. The first-order valence-electron chi connectivity index (χ1n) is 7.23. The fourth-order valence-corrected chi connectivity index (χ4v) is 2.93. The third kappa shape index (κ3) is 4.63. The van der Waals surface area contributed by atoms with Crippen LogP contribution in [0.3, 0.4) is 0 Å². The highest BCUT2D eigenvalue weighted by molar-refractivity contribution is 6.31. The summed E-state index contributed by atoms with van der Waals surface area (Å²) >= 11 is 11.6. The van der Waals surface area contributed by atoms with E-state index in [0.717, 1.165) is 5.56 Å². The maximum atomic E-state index is 13.5. The minimum atomic E-state index is -0.903. The third-order valence-corrected chi connectivity index (χ3v) is 4.32. The van der Waals surface area contributed by atoms with Crippen molar-refractivity contribution in [1.29, 1.82) is 0 Å². The van der Waals surface area contributed by atoms with Crippen LogP contribution < -0.4 is 0 Å². The molecule has 0 aliphatic rings. The molecular formula is C17H14Cl3FN2O2. The molecule has 25 heavy (non-hydrogen) atoms. The van der Waals surface area contributed by atoms with E-state index in [1.165, 1.54) is 12.1 Å². The SMILES string of the molecule is Cl.O=C(O)CC(Cc1nc2cc(Cl)c(F)cc2[nH]1)c1ccc(Cl)cc1. The molecule has 1 atom stereocenters. The number of carboxylic acid groups (broad SMARTS) is 1. The van der Waals surface area contributed by atoms with Crippen molar-refractivity contribution < 1.29 is 14.3 Å². The summed E-state index contributed by atoms with van der Waals surface area (Å²) in [5.74, 6) is -1.13. The number of fused-ring (bicyclic) bond motifs is 1. The second kappa shape index (κ2) is 8.04. The number of benzene rings is 2. The molecule has 1 heterocycles. The monoisotopic (exact) mass is 402 g/mol. The second-order valence-corrected chi connectivity index (χ2v) is 6.36. The highest BCUT2D eigenvalue weighted by Crippen LogP contribution is 2.27. The molecule has 1 unspecified atom stereocenters. The lowest BCUT2D eigenvalue weighted by atomic mass is 9.92. The number of rotatable bonds is 5. The van der Waals surface area contributed by atoms with Gasteiger partial charge in [-0.1, -0.05) is 35.3 Å². The lowest BCUT2D eigenvalue weighted by molar-refractivity contribution is -0.137. The summed E-state index contributed by atoms with van der Waals surface area (Å²) in [6.45, 7) is 0. The average molecular weight is 404 g/mol. The van der Waals surface area contributed by atoms with Crippen LogP contribution >= 0.6 is 35.6 Å². The van der Waals surface area contributed by atoms with E-state index >= 15 is 0 Å². The number of aromatic amines is 1. The molecular weight excluding hydrogens is 390 g/mol. The molecule has 4 nitrogen and oxygen atoms in total. The summed E-state index contributed by atoms with van der Waals surface area (Å²) < 4.78 is 13.5. The van der Waals surface area contributed by atoms with Crippen molar-refractivity contribution in [3.05, 3.63) is 63.6 Å². The van der Waals surface area contributed by atoms with Crippen molar-refractivity contribution in [2.45, 2.75) is 18.8 Å². The van der Waals surface area contributed by atoms with Crippen LogP contribution in [0.2, 0.25) is 10.0 Å². The van der Waals surface area contributed by atoms with Gasteiger partial charge in [-0.3, -0.25) is 4.79 Å². The molecule has 1 aromatic heterocycles. The molecule has 0 spiro atoms. The first kappa shape index (κ1) is 19.5. The minimum absolute atomic E-state index is 0. The number of halogens is 4. The van der Waals surface area contributed by atoms with Crippen molar-refractivity contribution in [1.82, 2.24) is 9.97 Å². The first-order chi connectivity index (χ1) is 11.4. The van der Waals surface area contributed by atoms with Crippen LogP contribution in [-0.4, -0.2) is 21.0 Å². The summed E-state index contributed by atoms with van der Waals surface area (Å²) in [6, 6.07) is 9.77. The third-order valence-electron chi connectivity index (χ3n) is 3.78. The summed E-state index contributed by atoms with van der Waals surface area (Å²) in [5.41, 5.74) is 1.92. The van der Waals surface area contributed by atoms with Crippen LogP contribution in [0.15, 0.2) is 36.4 Å². The fraction of sp³-hybridized carbons (Fsp3) is 0.176. The normalized spacial score (nSPS) is 12.0. The molecule has 2 N–H and O–H groups in total. The molecule has 3 aromatic rings. The zero-order chi connectivity index (χ0) is 17.3. The van der Waals surface area contributed by atoms with Gasteiger partial charge >= 0.3 is 5.97 Å². The Labute approximate surface area is 159 Å². The number of hydrogen-bond donors (Lipinski definition) is 2. The van der Waals surface area contributed by atoms with Crippen molar-refractivity contribution >= 4 is 52.6 Å². The molecule has 0 aliphatic carbocycles. The van der Waals surface area contributed by atoms with Crippen molar-refractivity contribution in [2.75, 3.05) is 0 Å². The summed E-state index contributed by atoms with van der Waals surface area (Å²) in [7, 11) is 0. The van der Waals surface area contributed by atoms with Crippen LogP contribution in [0.1, 0.15) is 23.7 Å². The highest BCUT2D eigenvalue weighted by Gasteiger charge is 2.19. The van der Waals surface area contributed by atoms with Crippen LogP contribution in [0.25, 0.3) is 11.0 Å². The van der Waals surface area contributed by atoms with Crippen molar-refractivity contribution in [2.24, 2.45) is 0 Å². The summed E-state index contributed by atoms with van der Waals surface area (Å²) in [4.78, 5) is 18.6. The Hall–Kier alpha value is -1.82.